The summed E-state index contributed by atoms with van der Waals surface area (Å²) in [5.41, 5.74) is 0.849. The number of hydrogen-bond acceptors (Lipinski definition) is 4. The first-order chi connectivity index (χ1) is 9.95. The second-order valence-electron chi connectivity index (χ2n) is 5.19. The van der Waals surface area contributed by atoms with Gasteiger partial charge in [0, 0.05) is 17.0 Å². The molecule has 0 saturated carbocycles. The number of hydrogen-bond donors (Lipinski definition) is 0. The number of furan rings is 1. The molecule has 0 fully saturated rings. The normalized spacial score (nSPS) is 10.4. The van der Waals surface area contributed by atoms with Gasteiger partial charge in [0.25, 0.3) is 0 Å². The Bertz CT molecular complexity index is 637. The average Bonchev–Trinajstić information content (AvgIpc) is 2.86. The average molecular weight is 331 g/mol. The minimum Gasteiger partial charge on any atom is -0.542 e. The van der Waals surface area contributed by atoms with Gasteiger partial charge < -0.3 is 19.1 Å². The van der Waals surface area contributed by atoms with Crippen LogP contribution in [0, 0.1) is 5.92 Å². The predicted octanol–water partition coefficient (Wildman–Crippen LogP) is -0.0739. The van der Waals surface area contributed by atoms with Gasteiger partial charge in [-0.25, -0.2) is 0 Å². The van der Waals surface area contributed by atoms with Crippen LogP contribution in [0.15, 0.2) is 34.7 Å². The smallest absolute Gasteiger partial charge is 0.542 e. The van der Waals surface area contributed by atoms with E-state index in [4.69, 9.17) is 20.8 Å². The Hall–Kier alpha value is -0.940. The monoisotopic (exact) mass is 330 g/mol. The minimum absolute atomic E-state index is 0. The number of rotatable bonds is 6. The first-order valence-corrected chi connectivity index (χ1v) is 7.05. The fourth-order valence-corrected chi connectivity index (χ4v) is 2.05. The van der Waals surface area contributed by atoms with E-state index in [2.05, 4.69) is 13.8 Å². The number of aromatic carboxylic acids is 1. The predicted molar refractivity (Wildman–Crippen MR) is 77.6 cm³/mol. The van der Waals surface area contributed by atoms with E-state index in [1.165, 1.54) is 6.07 Å². The molecule has 2 rings (SSSR count). The number of ether oxygens (including phenoxy) is 1. The van der Waals surface area contributed by atoms with Gasteiger partial charge in [-0.1, -0.05) is 25.4 Å². The molecule has 6 heteroatoms. The summed E-state index contributed by atoms with van der Waals surface area (Å²) < 4.78 is 11.0. The summed E-state index contributed by atoms with van der Waals surface area (Å²) >= 11 is 6.01. The van der Waals surface area contributed by atoms with Gasteiger partial charge >= 0.3 is 29.6 Å². The molecule has 2 aromatic rings. The minimum atomic E-state index is -1.33. The number of benzene rings is 1. The molecule has 0 atom stereocenters. The van der Waals surface area contributed by atoms with E-state index >= 15 is 0 Å². The van der Waals surface area contributed by atoms with Crippen LogP contribution in [-0.2, 0) is 6.42 Å². The van der Waals surface area contributed by atoms with Crippen LogP contribution in [0.5, 0.6) is 5.75 Å². The molecule has 1 heterocycles. The molecular formula is C16H16ClNaO4. The maximum absolute atomic E-state index is 10.7. The van der Waals surface area contributed by atoms with Crippen molar-refractivity contribution in [3.8, 4) is 5.75 Å². The van der Waals surface area contributed by atoms with Crippen molar-refractivity contribution < 1.29 is 48.6 Å². The fourth-order valence-electron chi connectivity index (χ4n) is 1.85. The van der Waals surface area contributed by atoms with E-state index in [9.17, 15) is 9.90 Å². The van der Waals surface area contributed by atoms with Crippen LogP contribution < -0.4 is 39.4 Å². The van der Waals surface area contributed by atoms with E-state index in [-0.39, 0.29) is 35.3 Å². The summed E-state index contributed by atoms with van der Waals surface area (Å²) in [6, 6.07) is 8.35. The molecule has 0 saturated heterocycles. The zero-order chi connectivity index (χ0) is 15.4. The number of carbonyl (C=O) groups excluding carboxylic acids is 1. The van der Waals surface area contributed by atoms with Gasteiger partial charge in [-0.2, -0.15) is 0 Å². The molecular weight excluding hydrogens is 315 g/mol. The van der Waals surface area contributed by atoms with Crippen LogP contribution in [0.1, 0.15) is 35.7 Å². The molecule has 0 unspecified atom stereocenters. The summed E-state index contributed by atoms with van der Waals surface area (Å²) in [7, 11) is 0. The Morgan fingerprint density at radius 1 is 1.32 bits per heavy atom. The summed E-state index contributed by atoms with van der Waals surface area (Å²) in [5, 5.41) is 11.3. The third-order valence-electron chi connectivity index (χ3n) is 2.82. The van der Waals surface area contributed by atoms with Crippen molar-refractivity contribution in [3.63, 3.8) is 0 Å². The van der Waals surface area contributed by atoms with Crippen molar-refractivity contribution in [2.24, 2.45) is 5.92 Å². The maximum Gasteiger partial charge on any atom is 1.00 e. The third-order valence-corrected chi connectivity index (χ3v) is 3.06. The second kappa shape index (κ2) is 8.63. The topological polar surface area (TPSA) is 62.5 Å². The van der Waals surface area contributed by atoms with E-state index in [0.29, 0.717) is 29.7 Å². The van der Waals surface area contributed by atoms with Crippen molar-refractivity contribution in [3.05, 3.63) is 52.4 Å². The molecule has 4 nitrogen and oxygen atoms in total. The molecule has 0 aliphatic heterocycles. The van der Waals surface area contributed by atoms with Gasteiger partial charge in [-0.3, -0.25) is 0 Å². The van der Waals surface area contributed by atoms with Gasteiger partial charge in [-0.15, -0.1) is 0 Å². The molecule has 112 valence electrons. The first kappa shape index (κ1) is 19.1. The SMILES string of the molecule is CC(C)COc1ccc(Cl)cc1Cc1ccc(C(=O)[O-])o1.[Na+]. The van der Waals surface area contributed by atoms with E-state index in [1.54, 1.807) is 18.2 Å². The zero-order valence-electron chi connectivity index (χ0n) is 12.9. The first-order valence-electron chi connectivity index (χ1n) is 6.67. The molecule has 0 amide bonds. The van der Waals surface area contributed by atoms with Crippen molar-refractivity contribution in [2.45, 2.75) is 20.3 Å². The molecule has 22 heavy (non-hydrogen) atoms. The fraction of sp³-hybridized carbons (Fsp3) is 0.312. The van der Waals surface area contributed by atoms with Crippen LogP contribution in [-0.4, -0.2) is 12.6 Å². The molecule has 0 bridgehead atoms. The van der Waals surface area contributed by atoms with E-state index in [0.717, 1.165) is 11.3 Å². The summed E-state index contributed by atoms with van der Waals surface area (Å²) in [4.78, 5) is 10.7. The zero-order valence-corrected chi connectivity index (χ0v) is 15.6. The summed E-state index contributed by atoms with van der Waals surface area (Å²) in [6.45, 7) is 4.72. The standard InChI is InChI=1S/C16H17ClO4.Na/c1-10(2)9-20-14-5-3-12(17)7-11(14)8-13-4-6-15(21-13)16(18)19;/h3-7,10H,8-9H2,1-2H3,(H,18,19);/q;+1/p-1. The molecule has 0 spiro atoms. The van der Waals surface area contributed by atoms with Gasteiger partial charge in [0.1, 0.15) is 23.2 Å². The largest absolute Gasteiger partial charge is 1.00 e. The van der Waals surface area contributed by atoms with Gasteiger partial charge in [0.05, 0.1) is 6.61 Å². The van der Waals surface area contributed by atoms with Crippen molar-refractivity contribution in [2.75, 3.05) is 6.61 Å². The molecule has 0 aliphatic rings. The number of carboxylic acid groups (broad SMARTS) is 1. The van der Waals surface area contributed by atoms with Crippen LogP contribution in [0.2, 0.25) is 5.02 Å². The number of carbonyl (C=O) groups is 1. The van der Waals surface area contributed by atoms with Crippen LogP contribution in [0.25, 0.3) is 0 Å². The number of halogens is 1. The van der Waals surface area contributed by atoms with Crippen molar-refractivity contribution in [1.82, 2.24) is 0 Å². The maximum atomic E-state index is 10.7. The van der Waals surface area contributed by atoms with Crippen molar-refractivity contribution in [1.29, 1.82) is 0 Å². The van der Waals surface area contributed by atoms with E-state index < -0.39 is 5.97 Å². The summed E-state index contributed by atoms with van der Waals surface area (Å²) in [5.74, 6) is 0.132. The van der Waals surface area contributed by atoms with Gasteiger partial charge in [-0.05, 0) is 36.2 Å². The molecule has 1 aromatic carbocycles. The van der Waals surface area contributed by atoms with Gasteiger partial charge in [0.2, 0.25) is 0 Å². The van der Waals surface area contributed by atoms with Crippen LogP contribution in [0.4, 0.5) is 0 Å². The van der Waals surface area contributed by atoms with Gasteiger partial charge in [0.15, 0.2) is 0 Å². The molecule has 0 radical (unpaired) electrons. The second-order valence-corrected chi connectivity index (χ2v) is 5.62. The Morgan fingerprint density at radius 3 is 2.64 bits per heavy atom. The Balaban J connectivity index is 0.00000242. The van der Waals surface area contributed by atoms with Crippen molar-refractivity contribution >= 4 is 17.6 Å². The Morgan fingerprint density at radius 2 is 2.05 bits per heavy atom. The quantitative estimate of drug-likeness (QED) is 0.695. The molecule has 1 aromatic heterocycles. The van der Waals surface area contributed by atoms with Crippen LogP contribution in [0.3, 0.4) is 0 Å². The number of carboxylic acids is 1. The Labute approximate surface area is 156 Å². The molecule has 0 N–H and O–H groups in total. The van der Waals surface area contributed by atoms with Crippen LogP contribution >= 0.6 is 11.6 Å². The third kappa shape index (κ3) is 5.36. The van der Waals surface area contributed by atoms with E-state index in [1.807, 2.05) is 6.07 Å². The Kier molecular flexibility index (Phi) is 7.49. The molecule has 0 aliphatic carbocycles. The summed E-state index contributed by atoms with van der Waals surface area (Å²) in [6.07, 6.45) is 0.404.